The highest BCUT2D eigenvalue weighted by Crippen LogP contribution is 2.51. The fraction of sp³-hybridized carbons (Fsp3) is 0.423. The summed E-state index contributed by atoms with van der Waals surface area (Å²) in [4.78, 5) is 41.5. The minimum Gasteiger partial charge on any atom is -0.486 e. The number of aliphatic hydroxyl groups is 1. The fourth-order valence-electron chi connectivity index (χ4n) is 5.68. The van der Waals surface area contributed by atoms with Gasteiger partial charge in [0.1, 0.15) is 13.2 Å². The molecule has 4 atom stereocenters. The van der Waals surface area contributed by atoms with Crippen LogP contribution in [0.25, 0.3) is 0 Å². The van der Waals surface area contributed by atoms with Crippen molar-refractivity contribution in [3.8, 4) is 11.5 Å². The zero-order valence-electron chi connectivity index (χ0n) is 19.6. The van der Waals surface area contributed by atoms with E-state index in [1.54, 1.807) is 18.2 Å². The lowest BCUT2D eigenvalue weighted by Crippen LogP contribution is -2.58. The number of aliphatic carboxylic acids is 1. The van der Waals surface area contributed by atoms with Crippen molar-refractivity contribution in [2.24, 2.45) is 11.8 Å². The highest BCUT2D eigenvalue weighted by atomic mass is 16.6. The Morgan fingerprint density at radius 1 is 1.06 bits per heavy atom. The van der Waals surface area contributed by atoms with Crippen molar-refractivity contribution in [1.29, 1.82) is 0 Å². The Kier molecular flexibility index (Phi) is 5.77. The number of carboxylic acids is 1. The average Bonchev–Trinajstić information content (AvgIpc) is 3.37. The number of fused-ring (bicyclic) bond motifs is 2. The molecule has 3 heterocycles. The molecule has 0 spiro atoms. The van der Waals surface area contributed by atoms with Crippen molar-refractivity contribution in [1.82, 2.24) is 5.32 Å². The summed E-state index contributed by atoms with van der Waals surface area (Å²) >= 11 is 0. The van der Waals surface area contributed by atoms with Gasteiger partial charge in [-0.3, -0.25) is 19.7 Å². The van der Waals surface area contributed by atoms with Gasteiger partial charge in [0.2, 0.25) is 11.8 Å². The molecule has 3 aliphatic rings. The number of aryl methyl sites for hydroxylation is 2. The number of ether oxygens (including phenoxy) is 2. The number of imide groups is 1. The van der Waals surface area contributed by atoms with E-state index in [1.165, 1.54) is 0 Å². The number of rotatable bonds is 6. The molecule has 2 aromatic rings. The molecule has 9 heteroatoms. The molecule has 2 saturated heterocycles. The number of hydrogen-bond donors (Lipinski definition) is 3. The second-order valence-electron chi connectivity index (χ2n) is 9.11. The normalized spacial score (nSPS) is 27.3. The van der Waals surface area contributed by atoms with Crippen molar-refractivity contribution in [2.45, 2.75) is 38.3 Å². The van der Waals surface area contributed by atoms with Gasteiger partial charge in [-0.05, 0) is 41.7 Å². The van der Waals surface area contributed by atoms with E-state index in [-0.39, 0.29) is 0 Å². The Hall–Kier alpha value is -3.43. The minimum absolute atomic E-state index is 0.370. The molecule has 4 unspecified atom stereocenters. The van der Waals surface area contributed by atoms with Gasteiger partial charge in [-0.15, -0.1) is 0 Å². The molecular weight excluding hydrogens is 452 g/mol. The number of carbonyl (C=O) groups is 3. The molecule has 0 bridgehead atoms. The SMILES string of the molecule is CCc1cccc(CC)c1N1C(=O)C2C(c3ccc4c(c3)OCCO4)NC(CO)(C(=O)O)C2C1=O. The highest BCUT2D eigenvalue weighted by Gasteiger charge is 2.69. The van der Waals surface area contributed by atoms with Gasteiger partial charge in [0.15, 0.2) is 17.0 Å². The van der Waals surface area contributed by atoms with Gasteiger partial charge in [0.05, 0.1) is 24.1 Å². The second kappa shape index (κ2) is 8.66. The van der Waals surface area contributed by atoms with Crippen molar-refractivity contribution >= 4 is 23.5 Å². The lowest BCUT2D eigenvalue weighted by Gasteiger charge is -2.30. The van der Waals surface area contributed by atoms with Crippen molar-refractivity contribution < 1.29 is 34.1 Å². The number of aliphatic hydroxyl groups excluding tert-OH is 1. The first-order valence-corrected chi connectivity index (χ1v) is 11.9. The molecule has 0 radical (unpaired) electrons. The fourth-order valence-corrected chi connectivity index (χ4v) is 5.68. The summed E-state index contributed by atoms with van der Waals surface area (Å²) in [5.41, 5.74) is 0.778. The van der Waals surface area contributed by atoms with Gasteiger partial charge in [-0.2, -0.15) is 0 Å². The van der Waals surface area contributed by atoms with E-state index in [1.807, 2.05) is 32.0 Å². The summed E-state index contributed by atoms with van der Waals surface area (Å²) in [6.07, 6.45) is 1.20. The average molecular weight is 481 g/mol. The molecule has 0 saturated carbocycles. The van der Waals surface area contributed by atoms with E-state index in [2.05, 4.69) is 5.32 Å². The maximum Gasteiger partial charge on any atom is 0.327 e. The summed E-state index contributed by atoms with van der Waals surface area (Å²) in [5, 5.41) is 23.4. The molecule has 35 heavy (non-hydrogen) atoms. The van der Waals surface area contributed by atoms with Crippen LogP contribution in [0.15, 0.2) is 36.4 Å². The van der Waals surface area contributed by atoms with Crippen molar-refractivity contribution in [3.63, 3.8) is 0 Å². The third-order valence-electron chi connectivity index (χ3n) is 7.40. The van der Waals surface area contributed by atoms with Crippen LogP contribution in [0.3, 0.4) is 0 Å². The van der Waals surface area contributed by atoms with Gasteiger partial charge in [-0.25, -0.2) is 4.90 Å². The van der Waals surface area contributed by atoms with Crippen molar-refractivity contribution in [2.75, 3.05) is 24.7 Å². The van der Waals surface area contributed by atoms with E-state index < -0.39 is 47.8 Å². The van der Waals surface area contributed by atoms with E-state index in [0.29, 0.717) is 48.8 Å². The highest BCUT2D eigenvalue weighted by molar-refractivity contribution is 6.25. The lowest BCUT2D eigenvalue weighted by atomic mass is 9.79. The van der Waals surface area contributed by atoms with E-state index >= 15 is 0 Å². The summed E-state index contributed by atoms with van der Waals surface area (Å²) in [7, 11) is 0. The van der Waals surface area contributed by atoms with Crippen LogP contribution >= 0.6 is 0 Å². The molecule has 5 rings (SSSR count). The summed E-state index contributed by atoms with van der Waals surface area (Å²) in [6, 6.07) is 9.96. The van der Waals surface area contributed by atoms with E-state index in [9.17, 15) is 24.6 Å². The molecule has 3 N–H and O–H groups in total. The molecule has 0 aliphatic carbocycles. The standard InChI is InChI=1S/C26H28N2O7/c1-3-14-6-5-7-15(4-2)22(14)28-23(30)19-20(24(28)31)26(13-29,25(32)33)27-21(19)16-8-9-17-18(12-16)35-11-10-34-17/h5-9,12,19-21,27,29H,3-4,10-11,13H2,1-2H3,(H,32,33). The Morgan fingerprint density at radius 3 is 2.31 bits per heavy atom. The summed E-state index contributed by atoms with van der Waals surface area (Å²) in [6.45, 7) is 3.84. The Labute approximate surface area is 202 Å². The number of amides is 2. The third kappa shape index (κ3) is 3.33. The number of nitrogens with zero attached hydrogens (tertiary/aromatic N) is 1. The van der Waals surface area contributed by atoms with Crippen LogP contribution in [0, 0.1) is 11.8 Å². The summed E-state index contributed by atoms with van der Waals surface area (Å²) in [5.74, 6) is -3.70. The number of carboxylic acid groups (broad SMARTS) is 1. The van der Waals surface area contributed by atoms with Gasteiger partial charge in [0, 0.05) is 6.04 Å². The Balaban J connectivity index is 1.65. The number of benzene rings is 2. The molecule has 2 fully saturated rings. The lowest BCUT2D eigenvalue weighted by molar-refractivity contribution is -0.150. The molecule has 3 aliphatic heterocycles. The number of anilines is 1. The first-order valence-electron chi connectivity index (χ1n) is 11.9. The molecule has 2 aromatic carbocycles. The first-order chi connectivity index (χ1) is 16.9. The molecule has 2 amide bonds. The van der Waals surface area contributed by atoms with Crippen LogP contribution in [0.5, 0.6) is 11.5 Å². The summed E-state index contributed by atoms with van der Waals surface area (Å²) < 4.78 is 11.3. The largest absolute Gasteiger partial charge is 0.486 e. The van der Waals surface area contributed by atoms with Crippen molar-refractivity contribution in [3.05, 3.63) is 53.1 Å². The van der Waals surface area contributed by atoms with Crippen LogP contribution in [-0.4, -0.2) is 53.4 Å². The number of carbonyl (C=O) groups excluding carboxylic acids is 2. The first kappa shape index (κ1) is 23.3. The Bertz CT molecular complexity index is 1190. The quantitative estimate of drug-likeness (QED) is 0.535. The van der Waals surface area contributed by atoms with Gasteiger partial charge >= 0.3 is 5.97 Å². The van der Waals surface area contributed by atoms with Crippen LogP contribution in [0.1, 0.15) is 36.6 Å². The zero-order chi connectivity index (χ0) is 24.9. The molecule has 184 valence electrons. The maximum atomic E-state index is 14.0. The monoisotopic (exact) mass is 480 g/mol. The predicted octanol–water partition coefficient (Wildman–Crippen LogP) is 1.85. The van der Waals surface area contributed by atoms with Gasteiger partial charge in [-0.1, -0.05) is 38.1 Å². The van der Waals surface area contributed by atoms with Gasteiger partial charge < -0.3 is 19.7 Å². The van der Waals surface area contributed by atoms with Gasteiger partial charge in [0.25, 0.3) is 0 Å². The molecule has 9 nitrogen and oxygen atoms in total. The van der Waals surface area contributed by atoms with Crippen LogP contribution in [0.4, 0.5) is 5.69 Å². The molecular formula is C26H28N2O7. The number of para-hydroxylation sites is 1. The van der Waals surface area contributed by atoms with E-state index in [0.717, 1.165) is 16.0 Å². The molecule has 0 aromatic heterocycles. The predicted molar refractivity (Wildman–Crippen MR) is 125 cm³/mol. The van der Waals surface area contributed by atoms with E-state index in [4.69, 9.17) is 9.47 Å². The smallest absolute Gasteiger partial charge is 0.327 e. The number of nitrogens with one attached hydrogen (secondary N) is 1. The van der Waals surface area contributed by atoms with Crippen LogP contribution in [-0.2, 0) is 27.2 Å². The zero-order valence-corrected chi connectivity index (χ0v) is 19.6. The van der Waals surface area contributed by atoms with Crippen LogP contribution in [0.2, 0.25) is 0 Å². The number of hydrogen-bond acceptors (Lipinski definition) is 7. The third-order valence-corrected chi connectivity index (χ3v) is 7.40. The minimum atomic E-state index is -2.00. The topological polar surface area (TPSA) is 125 Å². The van der Waals surface area contributed by atoms with Crippen LogP contribution < -0.4 is 19.7 Å². The Morgan fingerprint density at radius 2 is 1.71 bits per heavy atom. The maximum absolute atomic E-state index is 14.0. The second-order valence-corrected chi connectivity index (χ2v) is 9.11.